The zero-order valence-electron chi connectivity index (χ0n) is 13.1. The van der Waals surface area contributed by atoms with Crippen molar-refractivity contribution in [2.45, 2.75) is 25.7 Å². The van der Waals surface area contributed by atoms with Gasteiger partial charge in [-0.15, -0.1) is 24.0 Å². The molecule has 120 valence electrons. The molecular formula is C17H25IN4. The Bertz CT molecular complexity index is 616. The van der Waals surface area contributed by atoms with Crippen LogP contribution in [0.2, 0.25) is 0 Å². The summed E-state index contributed by atoms with van der Waals surface area (Å²) in [7, 11) is 1.84. The van der Waals surface area contributed by atoms with Crippen LogP contribution >= 0.6 is 24.0 Å². The predicted molar refractivity (Wildman–Crippen MR) is 104 cm³/mol. The van der Waals surface area contributed by atoms with Gasteiger partial charge in [-0.25, -0.2) is 0 Å². The Hall–Kier alpha value is -1.24. The van der Waals surface area contributed by atoms with Gasteiger partial charge in [-0.3, -0.25) is 4.99 Å². The van der Waals surface area contributed by atoms with E-state index in [4.69, 9.17) is 0 Å². The van der Waals surface area contributed by atoms with Crippen molar-refractivity contribution in [3.05, 3.63) is 36.0 Å². The number of nitrogens with one attached hydrogen (secondary N) is 3. The summed E-state index contributed by atoms with van der Waals surface area (Å²) in [6.45, 7) is 2.01. The molecule has 0 amide bonds. The highest BCUT2D eigenvalue weighted by Crippen LogP contribution is 2.27. The number of rotatable bonds is 6. The van der Waals surface area contributed by atoms with Gasteiger partial charge in [0.15, 0.2) is 5.96 Å². The molecule has 1 saturated carbocycles. The van der Waals surface area contributed by atoms with Crippen molar-refractivity contribution in [2.75, 3.05) is 20.1 Å². The number of H-pyrrole nitrogens is 1. The Kier molecular flexibility index (Phi) is 6.54. The number of fused-ring (bicyclic) bond motifs is 1. The van der Waals surface area contributed by atoms with Crippen molar-refractivity contribution in [3.8, 4) is 0 Å². The predicted octanol–water partition coefficient (Wildman–Crippen LogP) is 3.29. The Morgan fingerprint density at radius 1 is 1.27 bits per heavy atom. The molecule has 0 saturated heterocycles. The number of para-hydroxylation sites is 1. The molecule has 0 spiro atoms. The number of hydrogen-bond donors (Lipinski definition) is 3. The molecule has 0 atom stereocenters. The van der Waals surface area contributed by atoms with E-state index in [-0.39, 0.29) is 24.0 Å². The van der Waals surface area contributed by atoms with Gasteiger partial charge in [0.2, 0.25) is 0 Å². The molecule has 1 aliphatic rings. The van der Waals surface area contributed by atoms with E-state index in [9.17, 15) is 0 Å². The normalized spacial score (nSPS) is 14.7. The van der Waals surface area contributed by atoms with Crippen molar-refractivity contribution in [3.63, 3.8) is 0 Å². The second-order valence-corrected chi connectivity index (χ2v) is 5.79. The summed E-state index contributed by atoms with van der Waals surface area (Å²) >= 11 is 0. The van der Waals surface area contributed by atoms with E-state index in [1.807, 2.05) is 7.05 Å². The van der Waals surface area contributed by atoms with E-state index in [1.54, 1.807) is 0 Å². The van der Waals surface area contributed by atoms with Crippen molar-refractivity contribution < 1.29 is 0 Å². The second kappa shape index (κ2) is 8.41. The molecule has 5 heteroatoms. The fourth-order valence-corrected chi connectivity index (χ4v) is 2.61. The van der Waals surface area contributed by atoms with Crippen LogP contribution in [0.3, 0.4) is 0 Å². The van der Waals surface area contributed by atoms with E-state index in [0.29, 0.717) is 0 Å². The van der Waals surface area contributed by atoms with Crippen LogP contribution < -0.4 is 10.6 Å². The van der Waals surface area contributed by atoms with E-state index < -0.39 is 0 Å². The van der Waals surface area contributed by atoms with Gasteiger partial charge in [0.25, 0.3) is 0 Å². The molecular weight excluding hydrogens is 387 g/mol. The molecule has 0 unspecified atom stereocenters. The number of aliphatic imine (C=N–C) groups is 1. The zero-order valence-corrected chi connectivity index (χ0v) is 15.4. The van der Waals surface area contributed by atoms with Gasteiger partial charge in [-0.2, -0.15) is 0 Å². The minimum atomic E-state index is 0. The molecule has 1 fully saturated rings. The van der Waals surface area contributed by atoms with Crippen LogP contribution in [0.15, 0.2) is 35.5 Å². The molecule has 22 heavy (non-hydrogen) atoms. The Morgan fingerprint density at radius 2 is 2.09 bits per heavy atom. The fourth-order valence-electron chi connectivity index (χ4n) is 2.61. The molecule has 4 nitrogen and oxygen atoms in total. The minimum Gasteiger partial charge on any atom is -0.361 e. The van der Waals surface area contributed by atoms with Crippen LogP contribution in [-0.4, -0.2) is 31.1 Å². The number of halogens is 1. The molecule has 1 aliphatic carbocycles. The fraction of sp³-hybridized carbons (Fsp3) is 0.471. The van der Waals surface area contributed by atoms with Gasteiger partial charge in [0.05, 0.1) is 0 Å². The number of hydrogen-bond acceptors (Lipinski definition) is 1. The summed E-state index contributed by atoms with van der Waals surface area (Å²) in [5.74, 6) is 1.80. The topological polar surface area (TPSA) is 52.2 Å². The largest absolute Gasteiger partial charge is 0.361 e. The first-order valence-electron chi connectivity index (χ1n) is 7.86. The lowest BCUT2D eigenvalue weighted by molar-refractivity contribution is 0.715. The van der Waals surface area contributed by atoms with Crippen LogP contribution in [0.4, 0.5) is 0 Å². The van der Waals surface area contributed by atoms with Gasteiger partial charge in [0.1, 0.15) is 0 Å². The lowest BCUT2D eigenvalue weighted by Crippen LogP contribution is -2.38. The van der Waals surface area contributed by atoms with Crippen LogP contribution in [0, 0.1) is 5.92 Å². The number of aryl methyl sites for hydroxylation is 1. The van der Waals surface area contributed by atoms with Crippen molar-refractivity contribution in [2.24, 2.45) is 10.9 Å². The third kappa shape index (κ3) is 4.63. The minimum absolute atomic E-state index is 0. The Labute approximate surface area is 149 Å². The monoisotopic (exact) mass is 412 g/mol. The molecule has 0 bridgehead atoms. The maximum Gasteiger partial charge on any atom is 0.190 e. The van der Waals surface area contributed by atoms with Gasteiger partial charge >= 0.3 is 0 Å². The average Bonchev–Trinajstić information content (AvgIpc) is 3.26. The van der Waals surface area contributed by atoms with E-state index in [1.165, 1.54) is 29.3 Å². The maximum atomic E-state index is 4.26. The molecule has 2 aromatic rings. The van der Waals surface area contributed by atoms with Gasteiger partial charge in [0, 0.05) is 37.2 Å². The van der Waals surface area contributed by atoms with Gasteiger partial charge in [-0.05, 0) is 43.2 Å². The second-order valence-electron chi connectivity index (χ2n) is 5.79. The zero-order chi connectivity index (χ0) is 14.5. The Balaban J connectivity index is 0.00000176. The summed E-state index contributed by atoms with van der Waals surface area (Å²) in [4.78, 5) is 7.59. The van der Waals surface area contributed by atoms with Crippen molar-refractivity contribution in [1.82, 2.24) is 15.6 Å². The lowest BCUT2D eigenvalue weighted by atomic mass is 10.1. The van der Waals surface area contributed by atoms with Crippen LogP contribution in [0.1, 0.15) is 24.8 Å². The van der Waals surface area contributed by atoms with E-state index in [0.717, 1.165) is 37.8 Å². The SMILES string of the molecule is CN=C(NCCCc1c[nH]c2ccccc12)NCC1CC1.I. The number of nitrogens with zero attached hydrogens (tertiary/aromatic N) is 1. The first-order valence-corrected chi connectivity index (χ1v) is 7.86. The van der Waals surface area contributed by atoms with E-state index in [2.05, 4.69) is 51.1 Å². The van der Waals surface area contributed by atoms with Crippen molar-refractivity contribution in [1.29, 1.82) is 0 Å². The molecule has 1 heterocycles. The van der Waals surface area contributed by atoms with Crippen LogP contribution in [0.5, 0.6) is 0 Å². The number of benzene rings is 1. The molecule has 1 aromatic carbocycles. The number of aromatic amines is 1. The molecule has 3 rings (SSSR count). The molecule has 0 aliphatic heterocycles. The number of aromatic nitrogens is 1. The summed E-state index contributed by atoms with van der Waals surface area (Å²) in [5, 5.41) is 8.12. The molecule has 0 radical (unpaired) electrons. The summed E-state index contributed by atoms with van der Waals surface area (Å²) in [6.07, 6.45) is 7.04. The highest BCUT2D eigenvalue weighted by atomic mass is 127. The van der Waals surface area contributed by atoms with E-state index >= 15 is 0 Å². The van der Waals surface area contributed by atoms with Gasteiger partial charge in [-0.1, -0.05) is 18.2 Å². The summed E-state index contributed by atoms with van der Waals surface area (Å²) in [6, 6.07) is 8.48. The number of guanidine groups is 1. The lowest BCUT2D eigenvalue weighted by Gasteiger charge is -2.11. The molecule has 1 aromatic heterocycles. The highest BCUT2D eigenvalue weighted by molar-refractivity contribution is 14.0. The Morgan fingerprint density at radius 3 is 2.86 bits per heavy atom. The average molecular weight is 412 g/mol. The van der Waals surface area contributed by atoms with Crippen LogP contribution in [0.25, 0.3) is 10.9 Å². The quantitative estimate of drug-likeness (QED) is 0.295. The summed E-state index contributed by atoms with van der Waals surface area (Å²) < 4.78 is 0. The third-order valence-corrected chi connectivity index (χ3v) is 4.07. The molecule has 3 N–H and O–H groups in total. The summed E-state index contributed by atoms with van der Waals surface area (Å²) in [5.41, 5.74) is 2.62. The first kappa shape index (κ1) is 17.1. The van der Waals surface area contributed by atoms with Crippen LogP contribution in [-0.2, 0) is 6.42 Å². The highest BCUT2D eigenvalue weighted by Gasteiger charge is 2.20. The maximum absolute atomic E-state index is 4.26. The van der Waals surface area contributed by atoms with Gasteiger partial charge < -0.3 is 15.6 Å². The van der Waals surface area contributed by atoms with Crippen molar-refractivity contribution >= 4 is 40.8 Å². The standard InChI is InChI=1S/C17H24N4.HI/c1-18-17(21-11-13-8-9-13)19-10-4-5-14-12-20-16-7-3-2-6-15(14)16;/h2-3,6-7,12-13,20H,4-5,8-11H2,1H3,(H2,18,19,21);1H. The smallest absolute Gasteiger partial charge is 0.190 e. The third-order valence-electron chi connectivity index (χ3n) is 4.07. The first-order chi connectivity index (χ1) is 10.4.